The topological polar surface area (TPSA) is 169 Å². The normalized spacial score (nSPS) is 28.5. The number of carbonyl (C=O) groups is 4. The molecular weight excluding hydrogens is 526 g/mol. The third kappa shape index (κ3) is 4.73. The highest BCUT2D eigenvalue weighted by molar-refractivity contribution is 5.85. The highest BCUT2D eigenvalue weighted by atomic mass is 16.6. The van der Waals surface area contributed by atoms with Crippen LogP contribution in [0.3, 0.4) is 0 Å². The zero-order valence-corrected chi connectivity index (χ0v) is 23.1. The van der Waals surface area contributed by atoms with Crippen molar-refractivity contribution < 1.29 is 53.4 Å². The number of aliphatic hydroxyl groups is 2. The summed E-state index contributed by atoms with van der Waals surface area (Å²) < 4.78 is 21.8. The number of aryl methyl sites for hydroxylation is 1. The Hall–Kier alpha value is -3.48. The Morgan fingerprint density at radius 3 is 2.55 bits per heavy atom. The molecule has 1 spiro atoms. The molecule has 0 saturated carbocycles. The van der Waals surface area contributed by atoms with E-state index in [0.29, 0.717) is 24.3 Å². The number of rotatable bonds is 8. The number of benzene rings is 1. The lowest BCUT2D eigenvalue weighted by molar-refractivity contribution is -0.175. The first-order chi connectivity index (χ1) is 18.8. The maximum Gasteiger partial charge on any atom is 0.352 e. The molecule has 40 heavy (non-hydrogen) atoms. The summed E-state index contributed by atoms with van der Waals surface area (Å²) in [7, 11) is 1.93. The minimum atomic E-state index is -1.76. The summed E-state index contributed by atoms with van der Waals surface area (Å²) in [6.07, 6.45) is -2.62. The Kier molecular flexibility index (Phi) is 7.99. The van der Waals surface area contributed by atoms with Crippen molar-refractivity contribution >= 4 is 23.9 Å². The SMILES string of the molecule is CC(=O)O[C@@H](CC(=O)O[C@@H](C)C(=O)OC1=CC[C@@]2(O)[C@@H](C)N(C)CC[C@@]23c2c(C)ccc(CO)c2O[C@@H]13)C(=O)O. The van der Waals surface area contributed by atoms with Crippen LogP contribution in [0.15, 0.2) is 24.0 Å². The molecule has 218 valence electrons. The van der Waals surface area contributed by atoms with Crippen molar-refractivity contribution in [3.8, 4) is 5.75 Å². The van der Waals surface area contributed by atoms with Gasteiger partial charge in [-0.05, 0) is 52.4 Å². The summed E-state index contributed by atoms with van der Waals surface area (Å²) >= 11 is 0. The third-order valence-corrected chi connectivity index (χ3v) is 8.40. The standard InChI is InChI=1S/C28H35NO11/c1-14-6-7-18(13-30)23-22(14)27-10-11-29(5)16(3)28(27,36)9-8-19(24(27)40-23)39-26(35)15(2)37-21(32)12-20(25(33)34)38-17(4)31/h6-8,15-16,20,24,30,36H,9-13H2,1-5H3,(H,33,34)/t15-,16+,20-,24-,27-,28+/m0/s1. The summed E-state index contributed by atoms with van der Waals surface area (Å²) in [5.74, 6) is -3.81. The Bertz CT molecular complexity index is 1260. The second kappa shape index (κ2) is 10.8. The van der Waals surface area contributed by atoms with Crippen LogP contribution in [-0.4, -0.2) is 87.6 Å². The quantitative estimate of drug-likeness (QED) is 0.306. The van der Waals surface area contributed by atoms with Crippen LogP contribution < -0.4 is 4.74 Å². The molecule has 1 aromatic carbocycles. The van der Waals surface area contributed by atoms with E-state index < -0.39 is 59.6 Å². The van der Waals surface area contributed by atoms with Gasteiger partial charge in [-0.15, -0.1) is 0 Å². The molecule has 0 amide bonds. The Balaban J connectivity index is 1.60. The molecule has 1 aromatic rings. The van der Waals surface area contributed by atoms with Gasteiger partial charge in [-0.25, -0.2) is 9.59 Å². The molecule has 3 aliphatic rings. The molecule has 0 radical (unpaired) electrons. The average molecular weight is 562 g/mol. The molecule has 3 N–H and O–H groups in total. The van der Waals surface area contributed by atoms with Crippen LogP contribution in [0.4, 0.5) is 0 Å². The Morgan fingerprint density at radius 2 is 1.93 bits per heavy atom. The number of carboxylic acids is 1. The van der Waals surface area contributed by atoms with Gasteiger partial charge in [0.05, 0.1) is 24.0 Å². The van der Waals surface area contributed by atoms with Gasteiger partial charge in [-0.3, -0.25) is 9.59 Å². The molecule has 2 aliphatic heterocycles. The number of piperidine rings is 1. The van der Waals surface area contributed by atoms with Crippen molar-refractivity contribution in [1.29, 1.82) is 0 Å². The first kappa shape index (κ1) is 29.5. The monoisotopic (exact) mass is 561 g/mol. The number of aliphatic carboxylic acids is 1. The minimum absolute atomic E-state index is 0.150. The maximum atomic E-state index is 13.0. The van der Waals surface area contributed by atoms with E-state index in [1.54, 1.807) is 12.1 Å². The highest BCUT2D eigenvalue weighted by Crippen LogP contribution is 2.61. The Labute approximate surface area is 231 Å². The van der Waals surface area contributed by atoms with Gasteiger partial charge >= 0.3 is 23.9 Å². The van der Waals surface area contributed by atoms with Crippen molar-refractivity contribution in [2.75, 3.05) is 13.6 Å². The molecule has 0 unspecified atom stereocenters. The molecule has 0 bridgehead atoms. The molecule has 12 nitrogen and oxygen atoms in total. The maximum absolute atomic E-state index is 13.0. The molecule has 12 heteroatoms. The summed E-state index contributed by atoms with van der Waals surface area (Å²) in [6, 6.07) is 3.36. The van der Waals surface area contributed by atoms with Gasteiger partial charge in [0.15, 0.2) is 12.2 Å². The number of nitrogens with zero attached hydrogens (tertiary/aromatic N) is 1. The van der Waals surface area contributed by atoms with Gasteiger partial charge < -0.3 is 39.2 Å². The van der Waals surface area contributed by atoms with Crippen molar-refractivity contribution in [2.45, 2.75) is 88.9 Å². The molecule has 0 aromatic heterocycles. The summed E-state index contributed by atoms with van der Waals surface area (Å²) in [4.78, 5) is 49.8. The van der Waals surface area contributed by atoms with E-state index in [1.165, 1.54) is 6.92 Å². The average Bonchev–Trinajstić information content (AvgIpc) is 3.25. The van der Waals surface area contributed by atoms with E-state index in [0.717, 1.165) is 18.1 Å². The van der Waals surface area contributed by atoms with Crippen LogP contribution in [0.2, 0.25) is 0 Å². The lowest BCUT2D eigenvalue weighted by Gasteiger charge is -2.58. The number of hydrogen-bond donors (Lipinski definition) is 3. The zero-order valence-electron chi connectivity index (χ0n) is 23.1. The lowest BCUT2D eigenvalue weighted by Crippen LogP contribution is -2.71. The van der Waals surface area contributed by atoms with Crippen LogP contribution in [0.1, 0.15) is 56.7 Å². The van der Waals surface area contributed by atoms with Gasteiger partial charge in [0.1, 0.15) is 11.5 Å². The summed E-state index contributed by atoms with van der Waals surface area (Å²) in [6.45, 7) is 6.48. The number of esters is 3. The molecule has 4 rings (SSSR count). The first-order valence-electron chi connectivity index (χ1n) is 13.1. The van der Waals surface area contributed by atoms with Crippen LogP contribution in [0.25, 0.3) is 0 Å². The van der Waals surface area contributed by atoms with E-state index >= 15 is 0 Å². The predicted octanol–water partition coefficient (Wildman–Crippen LogP) is 1.11. The van der Waals surface area contributed by atoms with Gasteiger partial charge in [0.25, 0.3) is 0 Å². The summed E-state index contributed by atoms with van der Waals surface area (Å²) in [5.41, 5.74) is -0.0666. The van der Waals surface area contributed by atoms with E-state index in [-0.39, 0.29) is 24.8 Å². The van der Waals surface area contributed by atoms with Crippen LogP contribution in [-0.2, 0) is 45.4 Å². The first-order valence-corrected chi connectivity index (χ1v) is 13.1. The van der Waals surface area contributed by atoms with Gasteiger partial charge in [0.2, 0.25) is 6.10 Å². The number of likely N-dealkylation sites (tertiary alicyclic amines) is 1. The number of ether oxygens (including phenoxy) is 4. The van der Waals surface area contributed by atoms with Crippen molar-refractivity contribution in [3.63, 3.8) is 0 Å². The highest BCUT2D eigenvalue weighted by Gasteiger charge is 2.69. The number of aliphatic hydroxyl groups excluding tert-OH is 1. The molecular formula is C28H35NO11. The molecule has 2 heterocycles. The minimum Gasteiger partial charge on any atom is -0.481 e. The van der Waals surface area contributed by atoms with Crippen LogP contribution in [0.5, 0.6) is 5.75 Å². The fraction of sp³-hybridized carbons (Fsp3) is 0.571. The van der Waals surface area contributed by atoms with E-state index in [1.807, 2.05) is 27.0 Å². The smallest absolute Gasteiger partial charge is 0.352 e. The van der Waals surface area contributed by atoms with Crippen molar-refractivity contribution in [1.82, 2.24) is 4.90 Å². The van der Waals surface area contributed by atoms with Crippen LogP contribution in [0, 0.1) is 6.92 Å². The molecule has 1 aliphatic carbocycles. The lowest BCUT2D eigenvalue weighted by atomic mass is 9.54. The van der Waals surface area contributed by atoms with E-state index in [9.17, 15) is 29.4 Å². The van der Waals surface area contributed by atoms with Crippen molar-refractivity contribution in [3.05, 3.63) is 40.7 Å². The van der Waals surface area contributed by atoms with E-state index in [2.05, 4.69) is 9.64 Å². The van der Waals surface area contributed by atoms with Crippen molar-refractivity contribution in [2.24, 2.45) is 0 Å². The fourth-order valence-electron chi connectivity index (χ4n) is 6.22. The van der Waals surface area contributed by atoms with Gasteiger partial charge in [-0.1, -0.05) is 12.1 Å². The van der Waals surface area contributed by atoms with Crippen LogP contribution >= 0.6 is 0 Å². The second-order valence-electron chi connectivity index (χ2n) is 10.7. The Morgan fingerprint density at radius 1 is 1.23 bits per heavy atom. The molecule has 1 saturated heterocycles. The number of hydrogen-bond acceptors (Lipinski definition) is 11. The molecule has 1 fully saturated rings. The number of likely N-dealkylation sites (N-methyl/N-ethyl adjacent to an activating group) is 1. The van der Waals surface area contributed by atoms with Gasteiger partial charge in [0, 0.05) is 30.5 Å². The number of carboxylic acid groups (broad SMARTS) is 1. The predicted molar refractivity (Wildman–Crippen MR) is 137 cm³/mol. The second-order valence-corrected chi connectivity index (χ2v) is 10.7. The third-order valence-electron chi connectivity index (χ3n) is 8.40. The largest absolute Gasteiger partial charge is 0.481 e. The van der Waals surface area contributed by atoms with Gasteiger partial charge in [-0.2, -0.15) is 0 Å². The van der Waals surface area contributed by atoms with E-state index in [4.69, 9.17) is 19.3 Å². The number of fused-ring (bicyclic) bond motifs is 1. The summed E-state index contributed by atoms with van der Waals surface area (Å²) in [5, 5.41) is 31.5. The number of carbonyl (C=O) groups excluding carboxylic acids is 3. The molecule has 6 atom stereocenters. The fourth-order valence-corrected chi connectivity index (χ4v) is 6.22. The zero-order chi connectivity index (χ0) is 29.6.